The molecular formula is C17H13ClN4O4. The van der Waals surface area contributed by atoms with Crippen LogP contribution in [-0.4, -0.2) is 28.8 Å². The van der Waals surface area contributed by atoms with E-state index in [2.05, 4.69) is 5.32 Å². The van der Waals surface area contributed by atoms with E-state index in [1.807, 2.05) is 0 Å². The first-order valence-electron chi connectivity index (χ1n) is 7.90. The third-order valence-corrected chi connectivity index (χ3v) is 4.83. The van der Waals surface area contributed by atoms with Crippen LogP contribution in [0.1, 0.15) is 33.6 Å². The highest BCUT2D eigenvalue weighted by Gasteiger charge is 2.32. The van der Waals surface area contributed by atoms with Gasteiger partial charge < -0.3 is 10.6 Å². The van der Waals surface area contributed by atoms with Gasteiger partial charge in [-0.25, -0.2) is 0 Å². The maximum absolute atomic E-state index is 12.6. The number of halogens is 1. The Kier molecular flexibility index (Phi) is 3.58. The number of amides is 3. The van der Waals surface area contributed by atoms with E-state index in [0.29, 0.717) is 18.7 Å². The molecule has 0 atom stereocenters. The lowest BCUT2D eigenvalue weighted by Crippen LogP contribution is -2.26. The number of anilines is 2. The van der Waals surface area contributed by atoms with E-state index in [0.717, 1.165) is 17.1 Å². The Labute approximate surface area is 152 Å². The molecule has 4 rings (SSSR count). The molecule has 2 aromatic rings. The van der Waals surface area contributed by atoms with E-state index in [1.54, 1.807) is 23.1 Å². The summed E-state index contributed by atoms with van der Waals surface area (Å²) < 4.78 is 1.07. The minimum atomic E-state index is -0.668. The highest BCUT2D eigenvalue weighted by atomic mass is 35.5. The zero-order chi connectivity index (χ0) is 18.6. The molecule has 1 aromatic carbocycles. The minimum Gasteiger partial charge on any atom is -0.384 e. The van der Waals surface area contributed by atoms with Crippen LogP contribution in [0.3, 0.4) is 0 Å². The smallest absolute Gasteiger partial charge is 0.262 e. The minimum absolute atomic E-state index is 0.0162. The summed E-state index contributed by atoms with van der Waals surface area (Å²) in [4.78, 5) is 49.9. The molecule has 0 bridgehead atoms. The van der Waals surface area contributed by atoms with Crippen molar-refractivity contribution >= 4 is 40.8 Å². The summed E-state index contributed by atoms with van der Waals surface area (Å²) in [6.07, 6.45) is 1.21. The molecule has 1 aromatic heterocycles. The summed E-state index contributed by atoms with van der Waals surface area (Å²) in [7, 11) is 0. The molecule has 0 unspecified atom stereocenters. The molecule has 3 amide bonds. The number of aromatic nitrogens is 1. The molecular weight excluding hydrogens is 360 g/mol. The number of rotatable bonds is 2. The number of benzene rings is 1. The Morgan fingerprint density at radius 2 is 1.85 bits per heavy atom. The number of pyridine rings is 1. The fourth-order valence-corrected chi connectivity index (χ4v) is 3.49. The van der Waals surface area contributed by atoms with Gasteiger partial charge in [-0.1, -0.05) is 11.6 Å². The molecule has 0 radical (unpaired) electrons. The number of nitrogens with two attached hydrogens (primary N) is 1. The van der Waals surface area contributed by atoms with Crippen molar-refractivity contribution in [3.63, 3.8) is 0 Å². The van der Waals surface area contributed by atoms with Crippen molar-refractivity contribution in [3.8, 4) is 5.69 Å². The topological polar surface area (TPSA) is 114 Å². The normalized spacial score (nSPS) is 16.2. The SMILES string of the molecule is Nc1c2c(cc(=O)n1-c1cc(N3CCCC3=O)ccc1Cl)C(=O)NC2=O. The highest BCUT2D eigenvalue weighted by Crippen LogP contribution is 2.31. The first kappa shape index (κ1) is 16.3. The zero-order valence-electron chi connectivity index (χ0n) is 13.4. The first-order valence-corrected chi connectivity index (χ1v) is 8.28. The van der Waals surface area contributed by atoms with Gasteiger partial charge in [0.2, 0.25) is 5.91 Å². The summed E-state index contributed by atoms with van der Waals surface area (Å²) >= 11 is 6.25. The summed E-state index contributed by atoms with van der Waals surface area (Å²) in [6, 6.07) is 5.86. The van der Waals surface area contributed by atoms with Crippen LogP contribution in [0.4, 0.5) is 11.5 Å². The molecule has 132 valence electrons. The van der Waals surface area contributed by atoms with Crippen molar-refractivity contribution in [2.45, 2.75) is 12.8 Å². The average molecular weight is 373 g/mol. The van der Waals surface area contributed by atoms with Crippen molar-refractivity contribution < 1.29 is 14.4 Å². The van der Waals surface area contributed by atoms with Gasteiger partial charge in [0.1, 0.15) is 5.82 Å². The van der Waals surface area contributed by atoms with Gasteiger partial charge in [0, 0.05) is 24.7 Å². The van der Waals surface area contributed by atoms with Gasteiger partial charge in [-0.05, 0) is 24.6 Å². The first-order chi connectivity index (χ1) is 12.4. The molecule has 8 nitrogen and oxygen atoms in total. The largest absolute Gasteiger partial charge is 0.384 e. The van der Waals surface area contributed by atoms with Crippen molar-refractivity contribution in [1.82, 2.24) is 9.88 Å². The second-order valence-corrected chi connectivity index (χ2v) is 6.47. The molecule has 3 heterocycles. The average Bonchev–Trinajstić information content (AvgIpc) is 3.13. The van der Waals surface area contributed by atoms with Crippen LogP contribution in [0.5, 0.6) is 0 Å². The third-order valence-electron chi connectivity index (χ3n) is 4.51. The summed E-state index contributed by atoms with van der Waals surface area (Å²) in [5.41, 5.74) is 6.13. The molecule has 1 saturated heterocycles. The number of nitrogens with one attached hydrogen (secondary N) is 1. The molecule has 2 aliphatic heterocycles. The predicted octanol–water partition coefficient (Wildman–Crippen LogP) is 1.08. The molecule has 0 aliphatic carbocycles. The lowest BCUT2D eigenvalue weighted by molar-refractivity contribution is -0.117. The van der Waals surface area contributed by atoms with Crippen LogP contribution in [-0.2, 0) is 4.79 Å². The van der Waals surface area contributed by atoms with Crippen molar-refractivity contribution in [2.24, 2.45) is 0 Å². The molecule has 26 heavy (non-hydrogen) atoms. The molecule has 1 fully saturated rings. The molecule has 0 saturated carbocycles. The lowest BCUT2D eigenvalue weighted by Gasteiger charge is -2.19. The van der Waals surface area contributed by atoms with Crippen LogP contribution < -0.4 is 21.5 Å². The third kappa shape index (κ3) is 2.30. The van der Waals surface area contributed by atoms with Crippen molar-refractivity contribution in [3.05, 3.63) is 50.8 Å². The second-order valence-electron chi connectivity index (χ2n) is 6.06. The van der Waals surface area contributed by atoms with Gasteiger partial charge in [0.15, 0.2) is 0 Å². The van der Waals surface area contributed by atoms with E-state index < -0.39 is 17.4 Å². The number of nitrogen functional groups attached to an aromatic ring is 1. The Morgan fingerprint density at radius 3 is 2.54 bits per heavy atom. The Balaban J connectivity index is 1.93. The molecule has 3 N–H and O–H groups in total. The highest BCUT2D eigenvalue weighted by molar-refractivity contribution is 6.32. The van der Waals surface area contributed by atoms with Crippen LogP contribution in [0, 0.1) is 0 Å². The van der Waals surface area contributed by atoms with Crippen molar-refractivity contribution in [1.29, 1.82) is 0 Å². The van der Waals surface area contributed by atoms with Gasteiger partial charge in [0.25, 0.3) is 17.4 Å². The van der Waals surface area contributed by atoms with E-state index in [1.165, 1.54) is 0 Å². The number of hydrogen-bond acceptors (Lipinski definition) is 5. The van der Waals surface area contributed by atoms with Crippen LogP contribution in [0.15, 0.2) is 29.1 Å². The van der Waals surface area contributed by atoms with Gasteiger partial charge in [-0.3, -0.25) is 29.1 Å². The maximum Gasteiger partial charge on any atom is 0.262 e. The lowest BCUT2D eigenvalue weighted by atomic mass is 10.1. The Hall–Kier alpha value is -3.13. The van der Waals surface area contributed by atoms with E-state index in [9.17, 15) is 19.2 Å². The van der Waals surface area contributed by atoms with Crippen LogP contribution >= 0.6 is 11.6 Å². The number of carbonyl (C=O) groups excluding carboxylic acids is 3. The van der Waals surface area contributed by atoms with E-state index in [4.69, 9.17) is 17.3 Å². The summed E-state index contributed by atoms with van der Waals surface area (Å²) in [5.74, 6) is -1.53. The van der Waals surface area contributed by atoms with E-state index in [-0.39, 0.29) is 33.6 Å². The molecule has 0 spiro atoms. The number of hydrogen-bond donors (Lipinski definition) is 2. The second kappa shape index (κ2) is 5.70. The van der Waals surface area contributed by atoms with E-state index >= 15 is 0 Å². The fraction of sp³-hybridized carbons (Fsp3) is 0.176. The Morgan fingerprint density at radius 1 is 1.08 bits per heavy atom. The van der Waals surface area contributed by atoms with Crippen molar-refractivity contribution in [2.75, 3.05) is 17.2 Å². The molecule has 9 heteroatoms. The van der Waals surface area contributed by atoms with Crippen LogP contribution in [0.2, 0.25) is 5.02 Å². The summed E-state index contributed by atoms with van der Waals surface area (Å²) in [6.45, 7) is 0.575. The number of carbonyl (C=O) groups is 3. The monoisotopic (exact) mass is 372 g/mol. The zero-order valence-corrected chi connectivity index (χ0v) is 14.2. The standard InChI is InChI=1S/C17H13ClN4O4/c18-10-4-3-8(21-5-1-2-12(21)23)6-11(10)22-13(24)7-9-14(15(22)19)17(26)20-16(9)25/h3-4,6-7H,1-2,5,19H2,(H,20,25,26). The number of imide groups is 1. The van der Waals surface area contributed by atoms with Gasteiger partial charge >= 0.3 is 0 Å². The Bertz CT molecular complexity index is 1060. The molecule has 2 aliphatic rings. The predicted molar refractivity (Wildman–Crippen MR) is 94.8 cm³/mol. The fourth-order valence-electron chi connectivity index (χ4n) is 3.29. The summed E-state index contributed by atoms with van der Waals surface area (Å²) in [5, 5.41) is 2.33. The van der Waals surface area contributed by atoms with Gasteiger partial charge in [-0.2, -0.15) is 0 Å². The maximum atomic E-state index is 12.6. The van der Waals surface area contributed by atoms with Gasteiger partial charge in [0.05, 0.1) is 21.8 Å². The number of fused-ring (bicyclic) bond motifs is 1. The van der Waals surface area contributed by atoms with Gasteiger partial charge in [-0.15, -0.1) is 0 Å². The number of nitrogens with zero attached hydrogens (tertiary/aromatic N) is 2. The quantitative estimate of drug-likeness (QED) is 0.765. The van der Waals surface area contributed by atoms with Crippen LogP contribution in [0.25, 0.3) is 5.69 Å².